The molecule has 0 amide bonds. The highest BCUT2D eigenvalue weighted by molar-refractivity contribution is 5.70. The highest BCUT2D eigenvalue weighted by atomic mass is 16.5. The maximum absolute atomic E-state index is 10.9. The average molecular weight is 314 g/mol. The van der Waals surface area contributed by atoms with Crippen LogP contribution in [0.15, 0.2) is 24.3 Å². The Morgan fingerprint density at radius 2 is 1.39 bits per heavy atom. The zero-order chi connectivity index (χ0) is 17.1. The van der Waals surface area contributed by atoms with E-state index in [0.29, 0.717) is 0 Å². The Bertz CT molecular complexity index is 701. The molecule has 4 heteroatoms. The van der Waals surface area contributed by atoms with E-state index in [9.17, 15) is 4.79 Å². The summed E-state index contributed by atoms with van der Waals surface area (Å²) in [6.45, 7) is 7.82. The summed E-state index contributed by atoms with van der Waals surface area (Å²) in [5.41, 5.74) is 4.65. The second-order valence-electron chi connectivity index (χ2n) is 5.82. The van der Waals surface area contributed by atoms with Crippen LogP contribution in [0.5, 0.6) is 17.2 Å². The van der Waals surface area contributed by atoms with Crippen molar-refractivity contribution in [2.45, 2.75) is 34.1 Å². The fraction of sp³-hybridized carbons (Fsp3) is 0.316. The molecule has 2 rings (SSSR count). The van der Waals surface area contributed by atoms with E-state index in [1.54, 1.807) is 7.11 Å². The fourth-order valence-electron chi connectivity index (χ4n) is 2.89. The van der Waals surface area contributed by atoms with Crippen LogP contribution in [0, 0.1) is 27.7 Å². The topological polar surface area (TPSA) is 55.8 Å². The minimum absolute atomic E-state index is 0.0166. The monoisotopic (exact) mass is 314 g/mol. The largest absolute Gasteiger partial charge is 0.496 e. The van der Waals surface area contributed by atoms with Crippen LogP contribution in [-0.4, -0.2) is 18.2 Å². The standard InChI is InChI=1S/C19H22O4/c1-11-6-15(10-17(20)21)7-12(2)19(11)23-16-8-13(3)18(22-5)14(4)9-16/h6-9H,10H2,1-5H3,(H,20,21). The lowest BCUT2D eigenvalue weighted by Crippen LogP contribution is -2.02. The van der Waals surface area contributed by atoms with Gasteiger partial charge < -0.3 is 14.6 Å². The van der Waals surface area contributed by atoms with Crippen molar-refractivity contribution in [3.63, 3.8) is 0 Å². The van der Waals surface area contributed by atoms with Gasteiger partial charge in [-0.05, 0) is 67.6 Å². The molecule has 23 heavy (non-hydrogen) atoms. The summed E-state index contributed by atoms with van der Waals surface area (Å²) in [6.07, 6.45) is 0.0166. The first-order valence-corrected chi connectivity index (χ1v) is 7.46. The molecule has 0 aliphatic carbocycles. The molecule has 2 aromatic rings. The molecule has 0 aromatic heterocycles. The summed E-state index contributed by atoms with van der Waals surface area (Å²) in [5, 5.41) is 8.92. The molecule has 0 radical (unpaired) electrons. The van der Waals surface area contributed by atoms with Crippen molar-refractivity contribution in [2.24, 2.45) is 0 Å². The summed E-state index contributed by atoms with van der Waals surface area (Å²) in [6, 6.07) is 7.60. The zero-order valence-electron chi connectivity index (χ0n) is 14.2. The Balaban J connectivity index is 2.35. The number of hydrogen-bond donors (Lipinski definition) is 1. The summed E-state index contributed by atoms with van der Waals surface area (Å²) in [5.74, 6) is 1.54. The SMILES string of the molecule is COc1c(C)cc(Oc2c(C)cc(CC(=O)O)cc2C)cc1C. The molecule has 0 saturated carbocycles. The number of rotatable bonds is 5. The van der Waals surface area contributed by atoms with Crippen molar-refractivity contribution < 1.29 is 19.4 Å². The van der Waals surface area contributed by atoms with E-state index in [0.717, 1.165) is 45.1 Å². The van der Waals surface area contributed by atoms with Gasteiger partial charge in [0.1, 0.15) is 17.2 Å². The number of aryl methyl sites for hydroxylation is 4. The molecule has 4 nitrogen and oxygen atoms in total. The predicted molar refractivity (Wildman–Crippen MR) is 89.8 cm³/mol. The maximum Gasteiger partial charge on any atom is 0.307 e. The van der Waals surface area contributed by atoms with Gasteiger partial charge in [0.2, 0.25) is 0 Å². The second-order valence-corrected chi connectivity index (χ2v) is 5.82. The summed E-state index contributed by atoms with van der Waals surface area (Å²) in [7, 11) is 1.66. The Kier molecular flexibility index (Phi) is 4.94. The second kappa shape index (κ2) is 6.73. The lowest BCUT2D eigenvalue weighted by Gasteiger charge is -2.16. The van der Waals surface area contributed by atoms with Crippen LogP contribution < -0.4 is 9.47 Å². The third-order valence-corrected chi connectivity index (χ3v) is 3.73. The average Bonchev–Trinajstić information content (AvgIpc) is 2.42. The van der Waals surface area contributed by atoms with Crippen molar-refractivity contribution >= 4 is 5.97 Å². The summed E-state index contributed by atoms with van der Waals surface area (Å²) >= 11 is 0. The van der Waals surface area contributed by atoms with Crippen molar-refractivity contribution in [3.05, 3.63) is 52.1 Å². The van der Waals surface area contributed by atoms with Gasteiger partial charge in [0.05, 0.1) is 13.5 Å². The van der Waals surface area contributed by atoms with Gasteiger partial charge >= 0.3 is 5.97 Å². The number of ether oxygens (including phenoxy) is 2. The predicted octanol–water partition coefficient (Wildman–Crippen LogP) is 4.35. The van der Waals surface area contributed by atoms with Gasteiger partial charge in [0.25, 0.3) is 0 Å². The third-order valence-electron chi connectivity index (χ3n) is 3.73. The number of methoxy groups -OCH3 is 1. The van der Waals surface area contributed by atoms with Crippen molar-refractivity contribution in [2.75, 3.05) is 7.11 Å². The van der Waals surface area contributed by atoms with Gasteiger partial charge in [-0.1, -0.05) is 12.1 Å². The van der Waals surface area contributed by atoms with E-state index in [4.69, 9.17) is 14.6 Å². The molecule has 2 aromatic carbocycles. The molecule has 0 heterocycles. The van der Waals surface area contributed by atoms with E-state index in [-0.39, 0.29) is 6.42 Å². The molecule has 1 N–H and O–H groups in total. The van der Waals surface area contributed by atoms with Crippen LogP contribution in [0.2, 0.25) is 0 Å². The molecule has 0 saturated heterocycles. The van der Waals surface area contributed by atoms with Crippen molar-refractivity contribution in [3.8, 4) is 17.2 Å². The van der Waals surface area contributed by atoms with Crippen molar-refractivity contribution in [1.82, 2.24) is 0 Å². The van der Waals surface area contributed by atoms with Gasteiger partial charge in [-0.3, -0.25) is 4.79 Å². The van der Waals surface area contributed by atoms with Crippen LogP contribution >= 0.6 is 0 Å². The first-order chi connectivity index (χ1) is 10.8. The number of carboxylic acid groups (broad SMARTS) is 1. The number of hydrogen-bond acceptors (Lipinski definition) is 3. The number of carbonyl (C=O) groups is 1. The number of aliphatic carboxylic acids is 1. The third kappa shape index (κ3) is 3.83. The molecule has 0 bridgehead atoms. The summed E-state index contributed by atoms with van der Waals surface area (Å²) in [4.78, 5) is 10.9. The Morgan fingerprint density at radius 3 is 1.83 bits per heavy atom. The molecule has 0 aliphatic heterocycles. The van der Waals surface area contributed by atoms with E-state index < -0.39 is 5.97 Å². The smallest absolute Gasteiger partial charge is 0.307 e. The molecule has 0 atom stereocenters. The van der Waals surface area contributed by atoms with E-state index in [1.807, 2.05) is 52.0 Å². The fourth-order valence-corrected chi connectivity index (χ4v) is 2.89. The Labute approximate surface area is 136 Å². The van der Waals surface area contributed by atoms with Crippen molar-refractivity contribution in [1.29, 1.82) is 0 Å². The van der Waals surface area contributed by atoms with Gasteiger partial charge in [0, 0.05) is 0 Å². The molecule has 0 aliphatic rings. The highest BCUT2D eigenvalue weighted by Gasteiger charge is 2.12. The van der Waals surface area contributed by atoms with Gasteiger partial charge in [-0.25, -0.2) is 0 Å². The van der Waals surface area contributed by atoms with Crippen LogP contribution in [0.1, 0.15) is 27.8 Å². The molecule has 0 spiro atoms. The highest BCUT2D eigenvalue weighted by Crippen LogP contribution is 2.34. The van der Waals surface area contributed by atoms with E-state index in [1.165, 1.54) is 0 Å². The Hall–Kier alpha value is -2.49. The maximum atomic E-state index is 10.9. The Morgan fingerprint density at radius 1 is 0.913 bits per heavy atom. The van der Waals surface area contributed by atoms with Gasteiger partial charge in [0.15, 0.2) is 0 Å². The molecule has 0 unspecified atom stereocenters. The minimum atomic E-state index is -0.834. The normalized spacial score (nSPS) is 10.5. The zero-order valence-corrected chi connectivity index (χ0v) is 14.2. The molecule has 122 valence electrons. The van der Waals surface area contributed by atoms with Crippen LogP contribution in [0.4, 0.5) is 0 Å². The first-order valence-electron chi connectivity index (χ1n) is 7.46. The van der Waals surface area contributed by atoms with Gasteiger partial charge in [-0.2, -0.15) is 0 Å². The molecular weight excluding hydrogens is 292 g/mol. The van der Waals surface area contributed by atoms with Crippen LogP contribution in [-0.2, 0) is 11.2 Å². The number of carboxylic acids is 1. The lowest BCUT2D eigenvalue weighted by atomic mass is 10.0. The van der Waals surface area contributed by atoms with E-state index >= 15 is 0 Å². The van der Waals surface area contributed by atoms with E-state index in [2.05, 4.69) is 0 Å². The van der Waals surface area contributed by atoms with Gasteiger partial charge in [-0.15, -0.1) is 0 Å². The molecular formula is C19H22O4. The number of benzene rings is 2. The first kappa shape index (κ1) is 16.9. The van der Waals surface area contributed by atoms with Crippen LogP contribution in [0.3, 0.4) is 0 Å². The quantitative estimate of drug-likeness (QED) is 0.891. The summed E-state index contributed by atoms with van der Waals surface area (Å²) < 4.78 is 11.4. The minimum Gasteiger partial charge on any atom is -0.496 e. The lowest BCUT2D eigenvalue weighted by molar-refractivity contribution is -0.136. The molecule has 0 fully saturated rings. The van der Waals surface area contributed by atoms with Crippen LogP contribution in [0.25, 0.3) is 0 Å².